The first-order chi connectivity index (χ1) is 10.8. The Bertz CT molecular complexity index is 750. The molecule has 134 valence electrons. The van der Waals surface area contributed by atoms with Crippen LogP contribution in [0.3, 0.4) is 0 Å². The predicted molar refractivity (Wildman–Crippen MR) is 86.6 cm³/mol. The molecule has 12 heteroatoms. The van der Waals surface area contributed by atoms with Crippen LogP contribution < -0.4 is 15.4 Å². The monoisotopic (exact) mass is 377 g/mol. The van der Waals surface area contributed by atoms with E-state index in [9.17, 15) is 22.8 Å². The van der Waals surface area contributed by atoms with E-state index in [2.05, 4.69) is 20.8 Å². The normalized spacial score (nSPS) is 13.0. The summed E-state index contributed by atoms with van der Waals surface area (Å²) in [4.78, 5) is 34.7. The van der Waals surface area contributed by atoms with Crippen LogP contribution in [0.2, 0.25) is 0 Å². The van der Waals surface area contributed by atoms with E-state index in [1.807, 2.05) is 4.72 Å². The highest BCUT2D eigenvalue weighted by Gasteiger charge is 2.29. The second-order valence-electron chi connectivity index (χ2n) is 5.97. The van der Waals surface area contributed by atoms with E-state index in [1.54, 1.807) is 20.8 Å². The highest BCUT2D eigenvalue weighted by atomic mass is 32.2. The number of amides is 3. The highest BCUT2D eigenvalue weighted by Crippen LogP contribution is 2.19. The third kappa shape index (κ3) is 5.53. The summed E-state index contributed by atoms with van der Waals surface area (Å²) in [7, 11) is -4.25. The fourth-order valence-electron chi connectivity index (χ4n) is 1.26. The number of hydrogen-bond donors (Lipinski definition) is 3. The van der Waals surface area contributed by atoms with Crippen LogP contribution in [0, 0.1) is 5.41 Å². The number of carbonyl (C=O) groups excluding carboxylic acids is 3. The number of anilines is 1. The minimum atomic E-state index is -4.25. The Balaban J connectivity index is 2.79. The second-order valence-corrected chi connectivity index (χ2v) is 8.80. The van der Waals surface area contributed by atoms with Gasteiger partial charge in [-0.3, -0.25) is 14.4 Å². The highest BCUT2D eigenvalue weighted by molar-refractivity contribution is 7.92. The topological polar surface area (TPSA) is 147 Å². The molecule has 10 nitrogen and oxygen atoms in total. The lowest BCUT2D eigenvalue weighted by atomic mass is 9.95. The summed E-state index contributed by atoms with van der Waals surface area (Å²) in [6.45, 7) is 7.58. The first kappa shape index (κ1) is 20.0. The van der Waals surface area contributed by atoms with Gasteiger partial charge in [-0.1, -0.05) is 32.1 Å². The minimum absolute atomic E-state index is 0.00981. The smallest absolute Gasteiger partial charge is 0.293 e. The standard InChI is InChI=1S/C12H19N5O5S2/c1-6(13-9(20)12(3,4)5)8(19)17-24(21,22)11-16-15-10(23-11)14-7(2)18/h6H,1-5H3,(H,13,20)(H,17,19)(H,14,15,18). The number of nitrogens with one attached hydrogen (secondary N) is 3. The van der Waals surface area contributed by atoms with Crippen molar-refractivity contribution in [3.05, 3.63) is 0 Å². The maximum Gasteiger partial charge on any atom is 0.293 e. The quantitative estimate of drug-likeness (QED) is 0.605. The number of hydrogen-bond acceptors (Lipinski definition) is 8. The summed E-state index contributed by atoms with van der Waals surface area (Å²) < 4.78 is 25.5. The number of carbonyl (C=O) groups is 3. The van der Waals surface area contributed by atoms with Crippen molar-refractivity contribution in [3.63, 3.8) is 0 Å². The zero-order valence-electron chi connectivity index (χ0n) is 13.8. The van der Waals surface area contributed by atoms with Crippen molar-refractivity contribution in [2.75, 3.05) is 5.32 Å². The van der Waals surface area contributed by atoms with E-state index in [0.717, 1.165) is 0 Å². The van der Waals surface area contributed by atoms with Crippen LogP contribution in [0.15, 0.2) is 4.34 Å². The first-order valence-corrected chi connectivity index (χ1v) is 9.11. The Hall–Kier alpha value is -2.08. The zero-order chi connectivity index (χ0) is 18.7. The second kappa shape index (κ2) is 7.21. The summed E-state index contributed by atoms with van der Waals surface area (Å²) in [5, 5.41) is 11.6. The lowest BCUT2D eigenvalue weighted by Gasteiger charge is -2.21. The van der Waals surface area contributed by atoms with Crippen LogP contribution >= 0.6 is 11.3 Å². The predicted octanol–water partition coefficient (Wildman–Crippen LogP) is -0.148. The third-order valence-electron chi connectivity index (χ3n) is 2.58. The SMILES string of the molecule is CC(=O)Nc1nnc(S(=O)(=O)NC(=O)C(C)NC(=O)C(C)(C)C)s1. The van der Waals surface area contributed by atoms with Gasteiger partial charge in [-0.15, -0.1) is 10.2 Å². The van der Waals surface area contributed by atoms with Gasteiger partial charge in [-0.05, 0) is 6.92 Å². The van der Waals surface area contributed by atoms with Crippen LogP contribution in [-0.4, -0.2) is 42.4 Å². The molecule has 3 amide bonds. The number of aromatic nitrogens is 2. The molecular formula is C12H19N5O5S2. The van der Waals surface area contributed by atoms with Crippen LogP contribution in [0.25, 0.3) is 0 Å². The summed E-state index contributed by atoms with van der Waals surface area (Å²) >= 11 is 0.596. The molecule has 0 fully saturated rings. The van der Waals surface area contributed by atoms with E-state index in [4.69, 9.17) is 0 Å². The lowest BCUT2D eigenvalue weighted by Crippen LogP contribution is -2.49. The fourth-order valence-corrected chi connectivity index (χ4v) is 3.26. The van der Waals surface area contributed by atoms with Gasteiger partial charge in [0, 0.05) is 12.3 Å². The van der Waals surface area contributed by atoms with Gasteiger partial charge >= 0.3 is 0 Å². The maximum absolute atomic E-state index is 12.1. The average molecular weight is 377 g/mol. The first-order valence-electron chi connectivity index (χ1n) is 6.81. The van der Waals surface area contributed by atoms with Crippen molar-refractivity contribution >= 4 is 44.2 Å². The van der Waals surface area contributed by atoms with E-state index >= 15 is 0 Å². The Kier molecular flexibility index (Phi) is 6.00. The molecule has 1 rings (SSSR count). The van der Waals surface area contributed by atoms with Crippen LogP contribution in [0.1, 0.15) is 34.6 Å². The molecule has 1 aromatic heterocycles. The fraction of sp³-hybridized carbons (Fsp3) is 0.583. The Morgan fingerprint density at radius 3 is 2.25 bits per heavy atom. The van der Waals surface area contributed by atoms with Crippen molar-refractivity contribution in [2.24, 2.45) is 5.41 Å². The van der Waals surface area contributed by atoms with E-state index in [1.165, 1.54) is 13.8 Å². The van der Waals surface area contributed by atoms with Gasteiger partial charge in [0.25, 0.3) is 20.3 Å². The molecule has 0 aliphatic heterocycles. The Labute approximate surface area is 143 Å². The van der Waals surface area contributed by atoms with Gasteiger partial charge in [0.2, 0.25) is 16.9 Å². The number of sulfonamides is 1. The molecule has 0 bridgehead atoms. The van der Waals surface area contributed by atoms with Crippen LogP contribution in [-0.2, 0) is 24.4 Å². The van der Waals surface area contributed by atoms with E-state index in [-0.39, 0.29) is 5.13 Å². The van der Waals surface area contributed by atoms with Crippen molar-refractivity contribution in [1.29, 1.82) is 0 Å². The molecule has 0 saturated carbocycles. The molecular weight excluding hydrogens is 358 g/mol. The largest absolute Gasteiger partial charge is 0.344 e. The molecule has 1 aromatic rings. The van der Waals surface area contributed by atoms with Crippen LogP contribution in [0.4, 0.5) is 5.13 Å². The Morgan fingerprint density at radius 1 is 1.17 bits per heavy atom. The van der Waals surface area contributed by atoms with E-state index < -0.39 is 43.5 Å². The molecule has 0 saturated heterocycles. The summed E-state index contributed by atoms with van der Waals surface area (Å²) in [6, 6.07) is -1.06. The van der Waals surface area contributed by atoms with Crippen LogP contribution in [0.5, 0.6) is 0 Å². The van der Waals surface area contributed by atoms with Gasteiger partial charge in [-0.25, -0.2) is 4.72 Å². The minimum Gasteiger partial charge on any atom is -0.344 e. The van der Waals surface area contributed by atoms with E-state index in [0.29, 0.717) is 11.3 Å². The summed E-state index contributed by atoms with van der Waals surface area (Å²) in [5.41, 5.74) is -0.722. The average Bonchev–Trinajstić information content (AvgIpc) is 2.85. The van der Waals surface area contributed by atoms with Gasteiger partial charge in [0.15, 0.2) is 0 Å². The van der Waals surface area contributed by atoms with Gasteiger partial charge in [0.05, 0.1) is 0 Å². The van der Waals surface area contributed by atoms with Gasteiger partial charge < -0.3 is 10.6 Å². The van der Waals surface area contributed by atoms with Crippen molar-refractivity contribution in [1.82, 2.24) is 20.2 Å². The summed E-state index contributed by atoms with van der Waals surface area (Å²) in [6.07, 6.45) is 0. The molecule has 1 unspecified atom stereocenters. The Morgan fingerprint density at radius 2 is 1.75 bits per heavy atom. The van der Waals surface area contributed by atoms with Gasteiger partial charge in [0.1, 0.15) is 6.04 Å². The molecule has 0 aliphatic carbocycles. The number of rotatable bonds is 5. The van der Waals surface area contributed by atoms with Crippen molar-refractivity contribution < 1.29 is 22.8 Å². The van der Waals surface area contributed by atoms with Crippen molar-refractivity contribution in [2.45, 2.75) is 45.0 Å². The molecule has 1 heterocycles. The molecule has 24 heavy (non-hydrogen) atoms. The molecule has 0 spiro atoms. The van der Waals surface area contributed by atoms with Gasteiger partial charge in [-0.2, -0.15) is 8.42 Å². The maximum atomic E-state index is 12.1. The lowest BCUT2D eigenvalue weighted by molar-refractivity contribution is -0.132. The molecule has 0 radical (unpaired) electrons. The molecule has 3 N–H and O–H groups in total. The molecule has 0 aromatic carbocycles. The molecule has 1 atom stereocenters. The number of nitrogens with zero attached hydrogens (tertiary/aromatic N) is 2. The zero-order valence-corrected chi connectivity index (χ0v) is 15.5. The summed E-state index contributed by atoms with van der Waals surface area (Å²) in [5.74, 6) is -1.74. The van der Waals surface area contributed by atoms with Crippen molar-refractivity contribution in [3.8, 4) is 0 Å². The molecule has 0 aliphatic rings. The third-order valence-corrected chi connectivity index (χ3v) is 5.13.